The van der Waals surface area contributed by atoms with Crippen LogP contribution in [0.1, 0.15) is 24.3 Å². The summed E-state index contributed by atoms with van der Waals surface area (Å²) in [6.07, 6.45) is -0.547. The first-order valence-corrected chi connectivity index (χ1v) is 3.96. The van der Waals surface area contributed by atoms with Crippen molar-refractivity contribution in [3.63, 3.8) is 0 Å². The molecule has 0 aliphatic rings. The number of aryl methyl sites for hydroxylation is 1. The Hall–Kier alpha value is -0.870. The van der Waals surface area contributed by atoms with Crippen LogP contribution in [0.5, 0.6) is 0 Å². The van der Waals surface area contributed by atoms with Crippen molar-refractivity contribution < 1.29 is 9.63 Å². The van der Waals surface area contributed by atoms with Crippen LogP contribution in [0.3, 0.4) is 0 Å². The van der Waals surface area contributed by atoms with Gasteiger partial charge in [-0.3, -0.25) is 0 Å². The summed E-state index contributed by atoms with van der Waals surface area (Å²) in [5.41, 5.74) is 6.06. The Balaban J connectivity index is 2.70. The zero-order chi connectivity index (χ0) is 9.14. The molecular weight excluding hydrogens is 156 g/mol. The lowest BCUT2D eigenvalue weighted by Crippen LogP contribution is -2.25. The van der Waals surface area contributed by atoms with E-state index in [0.717, 1.165) is 11.5 Å². The zero-order valence-electron chi connectivity index (χ0n) is 7.32. The van der Waals surface area contributed by atoms with Gasteiger partial charge in [0, 0.05) is 18.5 Å². The number of nitrogens with zero attached hydrogens (tertiary/aromatic N) is 1. The standard InChI is InChI=1S/C8H14N2O2/c1-5-3-7(10-12-5)6(2)8(11)4-9/h3,6,8,11H,4,9H2,1-2H3. The average molecular weight is 170 g/mol. The number of aliphatic hydroxyl groups excluding tert-OH is 1. The van der Waals surface area contributed by atoms with Crippen LogP contribution < -0.4 is 5.73 Å². The molecule has 4 heteroatoms. The van der Waals surface area contributed by atoms with Crippen LogP contribution in [0, 0.1) is 6.92 Å². The molecule has 2 unspecified atom stereocenters. The predicted molar refractivity (Wildman–Crippen MR) is 44.7 cm³/mol. The molecule has 1 heterocycles. The van der Waals surface area contributed by atoms with E-state index < -0.39 is 6.10 Å². The molecule has 1 aromatic rings. The van der Waals surface area contributed by atoms with Gasteiger partial charge in [-0.2, -0.15) is 0 Å². The molecule has 2 atom stereocenters. The summed E-state index contributed by atoms with van der Waals surface area (Å²) in [4.78, 5) is 0. The molecule has 12 heavy (non-hydrogen) atoms. The van der Waals surface area contributed by atoms with Crippen molar-refractivity contribution in [3.05, 3.63) is 17.5 Å². The number of hydrogen-bond donors (Lipinski definition) is 2. The third-order valence-electron chi connectivity index (χ3n) is 1.93. The predicted octanol–water partition coefficient (Wildman–Crippen LogP) is 0.406. The van der Waals surface area contributed by atoms with Gasteiger partial charge < -0.3 is 15.4 Å². The van der Waals surface area contributed by atoms with E-state index in [4.69, 9.17) is 10.3 Å². The largest absolute Gasteiger partial charge is 0.391 e. The van der Waals surface area contributed by atoms with Crippen molar-refractivity contribution in [2.75, 3.05) is 6.54 Å². The normalized spacial score (nSPS) is 16.0. The highest BCUT2D eigenvalue weighted by Gasteiger charge is 2.17. The quantitative estimate of drug-likeness (QED) is 0.689. The second kappa shape index (κ2) is 3.69. The van der Waals surface area contributed by atoms with Crippen LogP contribution in [0.25, 0.3) is 0 Å². The van der Waals surface area contributed by atoms with E-state index in [2.05, 4.69) is 5.16 Å². The van der Waals surface area contributed by atoms with E-state index in [1.54, 1.807) is 0 Å². The maximum Gasteiger partial charge on any atom is 0.133 e. The first kappa shape index (κ1) is 9.22. The Morgan fingerprint density at radius 2 is 2.42 bits per heavy atom. The second-order valence-electron chi connectivity index (χ2n) is 2.95. The van der Waals surface area contributed by atoms with Crippen LogP contribution in [0.2, 0.25) is 0 Å². The minimum Gasteiger partial charge on any atom is -0.391 e. The lowest BCUT2D eigenvalue weighted by molar-refractivity contribution is 0.154. The second-order valence-corrected chi connectivity index (χ2v) is 2.95. The Kier molecular flexibility index (Phi) is 2.83. The Morgan fingerprint density at radius 3 is 2.83 bits per heavy atom. The van der Waals surface area contributed by atoms with Gasteiger partial charge >= 0.3 is 0 Å². The summed E-state index contributed by atoms with van der Waals surface area (Å²) in [7, 11) is 0. The maximum atomic E-state index is 9.38. The van der Waals surface area contributed by atoms with Crippen molar-refractivity contribution in [1.29, 1.82) is 0 Å². The van der Waals surface area contributed by atoms with Gasteiger partial charge in [0.2, 0.25) is 0 Å². The minimum atomic E-state index is -0.547. The molecule has 0 spiro atoms. The molecule has 0 aliphatic heterocycles. The molecule has 0 saturated carbocycles. The fraction of sp³-hybridized carbons (Fsp3) is 0.625. The highest BCUT2D eigenvalue weighted by Crippen LogP contribution is 2.17. The molecule has 1 rings (SSSR count). The Labute approximate surface area is 71.4 Å². The third kappa shape index (κ3) is 1.84. The van der Waals surface area contributed by atoms with E-state index >= 15 is 0 Å². The van der Waals surface area contributed by atoms with Crippen LogP contribution in [0.15, 0.2) is 10.6 Å². The molecule has 3 N–H and O–H groups in total. The average Bonchev–Trinajstić information content (AvgIpc) is 2.49. The fourth-order valence-electron chi connectivity index (χ4n) is 1.00. The van der Waals surface area contributed by atoms with Gasteiger partial charge in [0.1, 0.15) is 5.76 Å². The SMILES string of the molecule is Cc1cc(C(C)C(O)CN)no1. The van der Waals surface area contributed by atoms with Crippen LogP contribution >= 0.6 is 0 Å². The molecule has 4 nitrogen and oxygen atoms in total. The molecule has 68 valence electrons. The maximum absolute atomic E-state index is 9.38. The van der Waals surface area contributed by atoms with Gasteiger partial charge in [0.05, 0.1) is 11.8 Å². The van der Waals surface area contributed by atoms with Gasteiger partial charge in [-0.15, -0.1) is 0 Å². The van der Waals surface area contributed by atoms with E-state index in [1.165, 1.54) is 0 Å². The number of aliphatic hydroxyl groups is 1. The summed E-state index contributed by atoms with van der Waals surface area (Å²) < 4.78 is 4.88. The summed E-state index contributed by atoms with van der Waals surface area (Å²) in [5, 5.41) is 13.2. The zero-order valence-corrected chi connectivity index (χ0v) is 7.32. The summed E-state index contributed by atoms with van der Waals surface area (Å²) in [6.45, 7) is 3.93. The van der Waals surface area contributed by atoms with Crippen molar-refractivity contribution in [2.24, 2.45) is 5.73 Å². The van der Waals surface area contributed by atoms with Gasteiger partial charge in [0.25, 0.3) is 0 Å². The van der Waals surface area contributed by atoms with E-state index in [-0.39, 0.29) is 12.5 Å². The van der Waals surface area contributed by atoms with Crippen molar-refractivity contribution in [2.45, 2.75) is 25.9 Å². The van der Waals surface area contributed by atoms with Crippen LogP contribution in [-0.2, 0) is 0 Å². The van der Waals surface area contributed by atoms with E-state index in [1.807, 2.05) is 19.9 Å². The lowest BCUT2D eigenvalue weighted by Gasteiger charge is -2.13. The van der Waals surface area contributed by atoms with Crippen molar-refractivity contribution in [3.8, 4) is 0 Å². The molecule has 0 fully saturated rings. The molecule has 1 aromatic heterocycles. The molecule has 0 bridgehead atoms. The molecule has 0 amide bonds. The molecule has 0 radical (unpaired) electrons. The molecule has 0 saturated heterocycles. The lowest BCUT2D eigenvalue weighted by atomic mass is 10.0. The summed E-state index contributed by atoms with van der Waals surface area (Å²) in [5.74, 6) is 0.688. The fourth-order valence-corrected chi connectivity index (χ4v) is 1.00. The monoisotopic (exact) mass is 170 g/mol. The Morgan fingerprint density at radius 1 is 1.75 bits per heavy atom. The van der Waals surface area contributed by atoms with Crippen LogP contribution in [0.4, 0.5) is 0 Å². The first-order valence-electron chi connectivity index (χ1n) is 3.96. The van der Waals surface area contributed by atoms with E-state index in [0.29, 0.717) is 0 Å². The minimum absolute atomic E-state index is 0.0625. The number of nitrogens with two attached hydrogens (primary N) is 1. The highest BCUT2D eigenvalue weighted by molar-refractivity contribution is 5.10. The van der Waals surface area contributed by atoms with Gasteiger partial charge in [-0.25, -0.2) is 0 Å². The number of aromatic nitrogens is 1. The van der Waals surface area contributed by atoms with Gasteiger partial charge in [-0.1, -0.05) is 12.1 Å². The van der Waals surface area contributed by atoms with E-state index in [9.17, 15) is 5.11 Å². The number of hydrogen-bond acceptors (Lipinski definition) is 4. The summed E-state index contributed by atoms with van der Waals surface area (Å²) >= 11 is 0. The van der Waals surface area contributed by atoms with Gasteiger partial charge in [0.15, 0.2) is 0 Å². The highest BCUT2D eigenvalue weighted by atomic mass is 16.5. The molecular formula is C8H14N2O2. The number of rotatable bonds is 3. The summed E-state index contributed by atoms with van der Waals surface area (Å²) in [6, 6.07) is 1.81. The van der Waals surface area contributed by atoms with Gasteiger partial charge in [-0.05, 0) is 6.92 Å². The third-order valence-corrected chi connectivity index (χ3v) is 1.93. The Bertz CT molecular complexity index is 247. The van der Waals surface area contributed by atoms with Crippen molar-refractivity contribution in [1.82, 2.24) is 5.16 Å². The molecule has 0 aliphatic carbocycles. The smallest absolute Gasteiger partial charge is 0.133 e. The topological polar surface area (TPSA) is 72.3 Å². The molecule has 0 aromatic carbocycles. The van der Waals surface area contributed by atoms with Crippen LogP contribution in [-0.4, -0.2) is 22.9 Å². The van der Waals surface area contributed by atoms with Crippen molar-refractivity contribution >= 4 is 0 Å². The first-order chi connectivity index (χ1) is 5.65.